The summed E-state index contributed by atoms with van der Waals surface area (Å²) < 4.78 is 5.79. The van der Waals surface area contributed by atoms with Gasteiger partial charge in [0.05, 0.1) is 11.1 Å². The Kier molecular flexibility index (Phi) is 6.32. The first-order valence-corrected chi connectivity index (χ1v) is 6.53. The van der Waals surface area contributed by atoms with Crippen LogP contribution < -0.4 is 4.74 Å². The molecule has 0 saturated heterocycles. The molecule has 0 aliphatic carbocycles. The zero-order valence-corrected chi connectivity index (χ0v) is 11.0. The molecule has 0 bridgehead atoms. The molecule has 1 rings (SSSR count). The fraction of sp³-hybridized carbons (Fsp3) is 0.571. The molecule has 0 aliphatic rings. The van der Waals surface area contributed by atoms with Crippen LogP contribution >= 0.6 is 11.6 Å². The Morgan fingerprint density at radius 2 is 1.94 bits per heavy atom. The monoisotopic (exact) mass is 240 g/mol. The summed E-state index contributed by atoms with van der Waals surface area (Å²) in [7, 11) is 0. The van der Waals surface area contributed by atoms with E-state index < -0.39 is 0 Å². The highest BCUT2D eigenvalue weighted by molar-refractivity contribution is 6.32. The summed E-state index contributed by atoms with van der Waals surface area (Å²) in [5, 5.41) is 0.697. The van der Waals surface area contributed by atoms with Crippen molar-refractivity contribution < 1.29 is 4.74 Å². The molecule has 0 spiro atoms. The van der Waals surface area contributed by atoms with Gasteiger partial charge in [0.15, 0.2) is 0 Å². The molecule has 1 aromatic carbocycles. The van der Waals surface area contributed by atoms with Crippen molar-refractivity contribution in [3.8, 4) is 5.75 Å². The van der Waals surface area contributed by atoms with Gasteiger partial charge in [0.2, 0.25) is 0 Å². The summed E-state index contributed by atoms with van der Waals surface area (Å²) in [4.78, 5) is 0. The van der Waals surface area contributed by atoms with Crippen LogP contribution in [0.25, 0.3) is 0 Å². The lowest BCUT2D eigenvalue weighted by Crippen LogP contribution is -2.11. The van der Waals surface area contributed by atoms with Crippen molar-refractivity contribution in [3.05, 3.63) is 29.3 Å². The zero-order valence-electron chi connectivity index (χ0n) is 10.2. The number of unbranched alkanes of at least 4 members (excludes halogenated alkanes) is 3. The van der Waals surface area contributed by atoms with E-state index in [9.17, 15) is 0 Å². The van der Waals surface area contributed by atoms with Gasteiger partial charge >= 0.3 is 0 Å². The number of rotatable bonds is 7. The fourth-order valence-corrected chi connectivity index (χ4v) is 1.85. The molecule has 0 saturated carbocycles. The molecular formula is C14H21ClO. The molecule has 16 heavy (non-hydrogen) atoms. The van der Waals surface area contributed by atoms with Crippen molar-refractivity contribution in [1.82, 2.24) is 0 Å². The Morgan fingerprint density at radius 1 is 1.19 bits per heavy atom. The number of hydrogen-bond acceptors (Lipinski definition) is 1. The molecule has 0 heterocycles. The number of para-hydroxylation sites is 1. The van der Waals surface area contributed by atoms with Crippen molar-refractivity contribution >= 4 is 11.6 Å². The van der Waals surface area contributed by atoms with Crippen LogP contribution in [-0.2, 0) is 0 Å². The van der Waals surface area contributed by atoms with Gasteiger partial charge in [-0.3, -0.25) is 0 Å². The number of hydrogen-bond donors (Lipinski definition) is 0. The largest absolute Gasteiger partial charge is 0.489 e. The molecule has 2 heteroatoms. The highest BCUT2D eigenvalue weighted by Gasteiger charge is 2.06. The Hall–Kier alpha value is -0.690. The fourth-order valence-electron chi connectivity index (χ4n) is 1.67. The third kappa shape index (κ3) is 4.89. The Morgan fingerprint density at radius 3 is 2.62 bits per heavy atom. The molecule has 1 aromatic rings. The van der Waals surface area contributed by atoms with E-state index in [-0.39, 0.29) is 6.10 Å². The average molecular weight is 241 g/mol. The molecule has 0 aromatic heterocycles. The van der Waals surface area contributed by atoms with Gasteiger partial charge < -0.3 is 4.74 Å². The first kappa shape index (κ1) is 13.4. The van der Waals surface area contributed by atoms with Gasteiger partial charge in [-0.25, -0.2) is 0 Å². The van der Waals surface area contributed by atoms with Crippen molar-refractivity contribution in [2.24, 2.45) is 0 Å². The lowest BCUT2D eigenvalue weighted by molar-refractivity contribution is 0.206. The van der Waals surface area contributed by atoms with E-state index in [0.29, 0.717) is 5.02 Å². The molecule has 0 aliphatic heterocycles. The van der Waals surface area contributed by atoms with E-state index in [1.165, 1.54) is 25.7 Å². The maximum atomic E-state index is 6.03. The molecule has 0 radical (unpaired) electrons. The molecule has 90 valence electrons. The summed E-state index contributed by atoms with van der Waals surface area (Å²) in [6.07, 6.45) is 6.48. The summed E-state index contributed by atoms with van der Waals surface area (Å²) in [6, 6.07) is 7.65. The van der Waals surface area contributed by atoms with Crippen LogP contribution in [0, 0.1) is 0 Å². The van der Waals surface area contributed by atoms with Crippen LogP contribution in [0.1, 0.15) is 46.0 Å². The summed E-state index contributed by atoms with van der Waals surface area (Å²) >= 11 is 6.03. The Labute approximate surface area is 104 Å². The SMILES string of the molecule is CCCCCCC(C)Oc1ccccc1Cl. The predicted molar refractivity (Wildman–Crippen MR) is 70.3 cm³/mol. The van der Waals surface area contributed by atoms with Crippen molar-refractivity contribution in [2.75, 3.05) is 0 Å². The van der Waals surface area contributed by atoms with E-state index in [2.05, 4.69) is 13.8 Å². The minimum Gasteiger partial charge on any atom is -0.489 e. The van der Waals surface area contributed by atoms with Crippen LogP contribution in [0.5, 0.6) is 5.75 Å². The minimum atomic E-state index is 0.247. The second-order valence-electron chi connectivity index (χ2n) is 4.21. The molecule has 0 N–H and O–H groups in total. The van der Waals surface area contributed by atoms with Gasteiger partial charge in [-0.2, -0.15) is 0 Å². The van der Waals surface area contributed by atoms with Crippen LogP contribution in [0.4, 0.5) is 0 Å². The highest BCUT2D eigenvalue weighted by Crippen LogP contribution is 2.25. The quantitative estimate of drug-likeness (QED) is 0.604. The summed E-state index contributed by atoms with van der Waals surface area (Å²) in [5.41, 5.74) is 0. The second kappa shape index (κ2) is 7.56. The third-order valence-electron chi connectivity index (χ3n) is 2.63. The smallest absolute Gasteiger partial charge is 0.138 e. The first-order valence-electron chi connectivity index (χ1n) is 6.15. The van der Waals surface area contributed by atoms with Crippen molar-refractivity contribution in [3.63, 3.8) is 0 Å². The van der Waals surface area contributed by atoms with E-state index in [1.54, 1.807) is 0 Å². The van der Waals surface area contributed by atoms with Crippen LogP contribution in [0.2, 0.25) is 5.02 Å². The standard InChI is InChI=1S/C14H21ClO/c1-3-4-5-6-9-12(2)16-14-11-8-7-10-13(14)15/h7-8,10-12H,3-6,9H2,1-2H3. The normalized spacial score (nSPS) is 12.4. The van der Waals surface area contributed by atoms with Gasteiger partial charge in [0, 0.05) is 0 Å². The molecular weight excluding hydrogens is 220 g/mol. The van der Waals surface area contributed by atoms with Crippen LogP contribution in [-0.4, -0.2) is 6.10 Å². The van der Waals surface area contributed by atoms with E-state index >= 15 is 0 Å². The second-order valence-corrected chi connectivity index (χ2v) is 4.62. The van der Waals surface area contributed by atoms with Crippen LogP contribution in [0.3, 0.4) is 0 Å². The number of halogens is 1. The van der Waals surface area contributed by atoms with E-state index in [4.69, 9.17) is 16.3 Å². The Bertz CT molecular complexity index is 299. The lowest BCUT2D eigenvalue weighted by atomic mass is 10.1. The third-order valence-corrected chi connectivity index (χ3v) is 2.94. The van der Waals surface area contributed by atoms with Crippen LogP contribution in [0.15, 0.2) is 24.3 Å². The number of ether oxygens (including phenoxy) is 1. The maximum absolute atomic E-state index is 6.03. The molecule has 1 atom stereocenters. The van der Waals surface area contributed by atoms with Gasteiger partial charge in [0.1, 0.15) is 5.75 Å². The van der Waals surface area contributed by atoms with E-state index in [1.807, 2.05) is 24.3 Å². The highest BCUT2D eigenvalue weighted by atomic mass is 35.5. The van der Waals surface area contributed by atoms with Gasteiger partial charge in [-0.1, -0.05) is 49.9 Å². The predicted octanol–water partition coefficient (Wildman–Crippen LogP) is 5.08. The summed E-state index contributed by atoms with van der Waals surface area (Å²) in [6.45, 7) is 4.33. The molecule has 0 fully saturated rings. The van der Waals surface area contributed by atoms with Crippen molar-refractivity contribution in [1.29, 1.82) is 0 Å². The average Bonchev–Trinajstić information content (AvgIpc) is 2.28. The van der Waals surface area contributed by atoms with Gasteiger partial charge in [-0.15, -0.1) is 0 Å². The topological polar surface area (TPSA) is 9.23 Å². The Balaban J connectivity index is 2.28. The van der Waals surface area contributed by atoms with Gasteiger partial charge in [-0.05, 0) is 31.9 Å². The molecule has 0 amide bonds. The maximum Gasteiger partial charge on any atom is 0.138 e. The summed E-state index contributed by atoms with van der Waals surface area (Å²) in [5.74, 6) is 0.798. The first-order chi connectivity index (χ1) is 7.74. The van der Waals surface area contributed by atoms with Crippen molar-refractivity contribution in [2.45, 2.75) is 52.1 Å². The number of benzene rings is 1. The van der Waals surface area contributed by atoms with E-state index in [0.717, 1.165) is 12.2 Å². The lowest BCUT2D eigenvalue weighted by Gasteiger charge is -2.15. The molecule has 1 nitrogen and oxygen atoms in total. The van der Waals surface area contributed by atoms with Gasteiger partial charge in [0.25, 0.3) is 0 Å². The molecule has 1 unspecified atom stereocenters. The zero-order chi connectivity index (χ0) is 11.8. The minimum absolute atomic E-state index is 0.247.